The summed E-state index contributed by atoms with van der Waals surface area (Å²) in [5, 5.41) is 5.16. The van der Waals surface area contributed by atoms with Crippen molar-refractivity contribution in [3.63, 3.8) is 0 Å². The van der Waals surface area contributed by atoms with Gasteiger partial charge in [-0.1, -0.05) is 200 Å². The molecular formula is C66H44N2S. The van der Waals surface area contributed by atoms with Crippen LogP contribution in [0.5, 0.6) is 0 Å². The minimum atomic E-state index is 1.08. The van der Waals surface area contributed by atoms with Gasteiger partial charge in [-0.05, 0) is 117 Å². The number of anilines is 3. The lowest BCUT2D eigenvalue weighted by Crippen LogP contribution is -2.11. The van der Waals surface area contributed by atoms with Crippen molar-refractivity contribution in [2.45, 2.75) is 0 Å². The van der Waals surface area contributed by atoms with Crippen LogP contribution in [-0.4, -0.2) is 4.57 Å². The average molecular weight is 897 g/mol. The van der Waals surface area contributed by atoms with E-state index in [2.05, 4.69) is 276 Å². The summed E-state index contributed by atoms with van der Waals surface area (Å²) in [5.74, 6) is 0. The van der Waals surface area contributed by atoms with Crippen LogP contribution in [0.1, 0.15) is 0 Å². The zero-order valence-electron chi connectivity index (χ0n) is 37.7. The van der Waals surface area contributed by atoms with Crippen LogP contribution in [0.3, 0.4) is 0 Å². The normalized spacial score (nSPS) is 11.5. The van der Waals surface area contributed by atoms with Crippen molar-refractivity contribution in [1.82, 2.24) is 4.57 Å². The predicted octanol–water partition coefficient (Wildman–Crippen LogP) is 19.0. The Morgan fingerprint density at radius 1 is 0.275 bits per heavy atom. The molecule has 2 heterocycles. The Hall–Kier alpha value is -8.76. The second-order valence-electron chi connectivity index (χ2n) is 17.6. The third-order valence-electron chi connectivity index (χ3n) is 13.7. The molecule has 0 N–H and O–H groups in total. The Labute approximate surface area is 405 Å². The molecule has 0 spiro atoms. The topological polar surface area (TPSA) is 8.17 Å². The van der Waals surface area contributed by atoms with Crippen molar-refractivity contribution in [3.8, 4) is 61.3 Å². The largest absolute Gasteiger partial charge is 0.310 e. The number of para-hydroxylation sites is 3. The van der Waals surface area contributed by atoms with Gasteiger partial charge >= 0.3 is 0 Å². The van der Waals surface area contributed by atoms with E-state index in [1.165, 1.54) is 86.5 Å². The predicted molar refractivity (Wildman–Crippen MR) is 296 cm³/mol. The Balaban J connectivity index is 0.925. The summed E-state index contributed by atoms with van der Waals surface area (Å²) in [6, 6.07) is 97.3. The number of hydrogen-bond acceptors (Lipinski definition) is 2. The first-order valence-electron chi connectivity index (χ1n) is 23.6. The van der Waals surface area contributed by atoms with Gasteiger partial charge in [0.2, 0.25) is 0 Å². The van der Waals surface area contributed by atoms with Crippen LogP contribution >= 0.6 is 11.3 Å². The second-order valence-corrected chi connectivity index (χ2v) is 18.7. The van der Waals surface area contributed by atoms with Crippen molar-refractivity contribution in [3.05, 3.63) is 267 Å². The third kappa shape index (κ3) is 7.11. The van der Waals surface area contributed by atoms with E-state index in [1.54, 1.807) is 0 Å². The monoisotopic (exact) mass is 896 g/mol. The number of thiophene rings is 1. The lowest BCUT2D eigenvalue weighted by atomic mass is 9.88. The van der Waals surface area contributed by atoms with E-state index in [0.717, 1.165) is 33.9 Å². The molecule has 0 fully saturated rings. The number of rotatable bonds is 9. The van der Waals surface area contributed by atoms with Crippen molar-refractivity contribution in [1.29, 1.82) is 0 Å². The van der Waals surface area contributed by atoms with Crippen molar-refractivity contribution < 1.29 is 0 Å². The fourth-order valence-electron chi connectivity index (χ4n) is 10.5. The van der Waals surface area contributed by atoms with Crippen LogP contribution < -0.4 is 4.90 Å². The molecule has 0 bridgehead atoms. The van der Waals surface area contributed by atoms with Crippen LogP contribution in [0.2, 0.25) is 0 Å². The molecule has 0 aliphatic heterocycles. The van der Waals surface area contributed by atoms with Crippen LogP contribution in [-0.2, 0) is 0 Å². The molecule has 0 aliphatic rings. The van der Waals surface area contributed by atoms with Gasteiger partial charge in [0, 0.05) is 53.6 Å². The summed E-state index contributed by atoms with van der Waals surface area (Å²) in [4.78, 5) is 2.43. The van der Waals surface area contributed by atoms with Crippen LogP contribution in [0.4, 0.5) is 17.1 Å². The highest BCUT2D eigenvalue weighted by molar-refractivity contribution is 7.25. The van der Waals surface area contributed by atoms with Gasteiger partial charge in [-0.15, -0.1) is 11.3 Å². The summed E-state index contributed by atoms with van der Waals surface area (Å²) in [5.41, 5.74) is 18.7. The Bertz CT molecular complexity index is 3940. The highest BCUT2D eigenvalue weighted by Crippen LogP contribution is 2.47. The number of fused-ring (bicyclic) bond motifs is 6. The van der Waals surface area contributed by atoms with Crippen LogP contribution in [0.15, 0.2) is 267 Å². The van der Waals surface area contributed by atoms with E-state index in [9.17, 15) is 0 Å². The summed E-state index contributed by atoms with van der Waals surface area (Å²) in [7, 11) is 0. The fourth-order valence-corrected chi connectivity index (χ4v) is 11.6. The minimum absolute atomic E-state index is 1.08. The van der Waals surface area contributed by atoms with Crippen LogP contribution in [0, 0.1) is 0 Å². The SMILES string of the molecule is c1ccc(-c2ccccc2-c2ccccc2-c2ccccc2N(c2ccc(-c3ccc(-n4c5ccccc5c5ccccc54)cc3)cc2)c2ccc(-c3cccc4sc5ccccc5c34)cc2)cc1. The lowest BCUT2D eigenvalue weighted by Gasteiger charge is -2.29. The zero-order valence-corrected chi connectivity index (χ0v) is 38.5. The minimum Gasteiger partial charge on any atom is -0.310 e. The standard InChI is InChI=1S/C66H44N2S/c1-2-17-47(18-3-1)52-19-4-5-20-54(52)55-21-6-7-22-56(55)57-23-8-12-28-61(57)67(50-43-37-48(38-44-50)53-27-16-32-65-66(53)60-26-11-15-31-64(60)69-65)49-39-33-45(34-40-49)46-35-41-51(42-36-46)68-62-29-13-9-24-58(62)59-25-10-14-30-63(59)68/h1-44H. The fraction of sp³-hybridized carbons (Fsp3) is 0. The maximum atomic E-state index is 2.43. The van der Waals surface area contributed by atoms with Crippen molar-refractivity contribution in [2.75, 3.05) is 4.90 Å². The Morgan fingerprint density at radius 3 is 1.36 bits per heavy atom. The number of benzene rings is 11. The van der Waals surface area contributed by atoms with Gasteiger partial charge in [0.15, 0.2) is 0 Å². The molecule has 0 aliphatic carbocycles. The molecule has 0 saturated carbocycles. The molecule has 0 saturated heterocycles. The molecule has 0 atom stereocenters. The summed E-state index contributed by atoms with van der Waals surface area (Å²) < 4.78 is 5.00. The van der Waals surface area contributed by atoms with Gasteiger partial charge in [0.25, 0.3) is 0 Å². The van der Waals surface area contributed by atoms with Gasteiger partial charge in [-0.2, -0.15) is 0 Å². The van der Waals surface area contributed by atoms with Gasteiger partial charge in [-0.25, -0.2) is 0 Å². The van der Waals surface area contributed by atoms with E-state index in [-0.39, 0.29) is 0 Å². The van der Waals surface area contributed by atoms with E-state index in [0.29, 0.717) is 0 Å². The Morgan fingerprint density at radius 2 is 0.710 bits per heavy atom. The smallest absolute Gasteiger partial charge is 0.0541 e. The lowest BCUT2D eigenvalue weighted by molar-refractivity contribution is 1.18. The molecule has 0 radical (unpaired) electrons. The van der Waals surface area contributed by atoms with E-state index < -0.39 is 0 Å². The molecule has 0 unspecified atom stereocenters. The number of nitrogens with zero attached hydrogens (tertiary/aromatic N) is 2. The van der Waals surface area contributed by atoms with Gasteiger partial charge in [0.1, 0.15) is 0 Å². The molecule has 69 heavy (non-hydrogen) atoms. The molecule has 13 rings (SSSR count). The molecule has 3 heteroatoms. The maximum Gasteiger partial charge on any atom is 0.0541 e. The summed E-state index contributed by atoms with van der Waals surface area (Å²) in [6.07, 6.45) is 0. The van der Waals surface area contributed by atoms with E-state index in [4.69, 9.17) is 0 Å². The second kappa shape index (κ2) is 17.2. The van der Waals surface area contributed by atoms with Gasteiger partial charge in [0.05, 0.1) is 16.7 Å². The van der Waals surface area contributed by atoms with Crippen LogP contribution in [0.25, 0.3) is 103 Å². The summed E-state index contributed by atoms with van der Waals surface area (Å²) >= 11 is 1.86. The molecule has 11 aromatic carbocycles. The molecule has 13 aromatic rings. The number of hydrogen-bond donors (Lipinski definition) is 0. The highest BCUT2D eigenvalue weighted by Gasteiger charge is 2.21. The number of aromatic nitrogens is 1. The molecular weight excluding hydrogens is 853 g/mol. The van der Waals surface area contributed by atoms with E-state index >= 15 is 0 Å². The van der Waals surface area contributed by atoms with Gasteiger partial charge < -0.3 is 9.47 Å². The molecule has 0 amide bonds. The molecule has 324 valence electrons. The highest BCUT2D eigenvalue weighted by atomic mass is 32.1. The molecule has 2 nitrogen and oxygen atoms in total. The molecule has 2 aromatic heterocycles. The Kier molecular flexibility index (Phi) is 10.1. The van der Waals surface area contributed by atoms with Gasteiger partial charge in [-0.3, -0.25) is 0 Å². The first-order valence-corrected chi connectivity index (χ1v) is 24.4. The van der Waals surface area contributed by atoms with Crippen molar-refractivity contribution >= 4 is 70.4 Å². The first kappa shape index (κ1) is 40.5. The van der Waals surface area contributed by atoms with E-state index in [1.807, 2.05) is 11.3 Å². The zero-order chi connectivity index (χ0) is 45.7. The first-order chi connectivity index (χ1) is 34.2. The third-order valence-corrected chi connectivity index (χ3v) is 14.8. The summed E-state index contributed by atoms with van der Waals surface area (Å²) in [6.45, 7) is 0. The average Bonchev–Trinajstić information content (AvgIpc) is 3.98. The maximum absolute atomic E-state index is 2.43. The quantitative estimate of drug-likeness (QED) is 0.140. The van der Waals surface area contributed by atoms with Crippen molar-refractivity contribution in [2.24, 2.45) is 0 Å².